The Morgan fingerprint density at radius 3 is 2.12 bits per heavy atom. The van der Waals surface area contributed by atoms with E-state index in [1.54, 1.807) is 19.2 Å². The van der Waals surface area contributed by atoms with Gasteiger partial charge in [-0.1, -0.05) is 24.3 Å². The van der Waals surface area contributed by atoms with Gasteiger partial charge in [-0.05, 0) is 72.5 Å². The van der Waals surface area contributed by atoms with Crippen LogP contribution in [0.4, 0.5) is 0 Å². The molecule has 0 saturated heterocycles. The summed E-state index contributed by atoms with van der Waals surface area (Å²) in [7, 11) is 1.63. The molecule has 4 heteroatoms. The lowest BCUT2D eigenvalue weighted by Crippen LogP contribution is -1.97. The van der Waals surface area contributed by atoms with Crippen LogP contribution >= 0.6 is 0 Å². The first-order valence-electron chi connectivity index (χ1n) is 8.37. The predicted molar refractivity (Wildman–Crippen MR) is 100 cm³/mol. The van der Waals surface area contributed by atoms with E-state index in [2.05, 4.69) is 6.07 Å². The molecular weight excluding hydrogens is 328 g/mol. The van der Waals surface area contributed by atoms with Crippen molar-refractivity contribution >= 4 is 5.97 Å². The smallest absolute Gasteiger partial charge is 0.335 e. The quantitative estimate of drug-likeness (QED) is 0.655. The van der Waals surface area contributed by atoms with Gasteiger partial charge in [0.25, 0.3) is 0 Å². The van der Waals surface area contributed by atoms with Crippen molar-refractivity contribution in [3.63, 3.8) is 0 Å². The average molecular weight is 348 g/mol. The summed E-state index contributed by atoms with van der Waals surface area (Å²) in [5.74, 6) is 1.43. The lowest BCUT2D eigenvalue weighted by atomic mass is 10.0. The van der Waals surface area contributed by atoms with Crippen molar-refractivity contribution in [1.82, 2.24) is 0 Å². The molecule has 132 valence electrons. The minimum Gasteiger partial charge on any atom is -0.497 e. The second-order valence-electron chi connectivity index (χ2n) is 5.93. The predicted octanol–water partition coefficient (Wildman–Crippen LogP) is 4.97. The Labute approximate surface area is 152 Å². The third-order valence-corrected chi connectivity index (χ3v) is 4.10. The van der Waals surface area contributed by atoms with E-state index in [4.69, 9.17) is 14.6 Å². The fraction of sp³-hybridized carbons (Fsp3) is 0.136. The number of aryl methyl sites for hydroxylation is 2. The molecule has 0 aliphatic carbocycles. The lowest BCUT2D eigenvalue weighted by Gasteiger charge is -2.09. The number of carboxylic acids is 1. The standard InChI is InChI=1S/C22H20O4/c1-25-19-11-13-20(14-12-19)26-21-4-2-3-17(15-21)6-5-16-7-9-18(10-8-16)22(23)24/h2-4,7-15H,5-6H2,1H3,(H,23,24). The topological polar surface area (TPSA) is 55.8 Å². The molecule has 0 spiro atoms. The Morgan fingerprint density at radius 2 is 1.46 bits per heavy atom. The van der Waals surface area contributed by atoms with Crippen molar-refractivity contribution < 1.29 is 19.4 Å². The third-order valence-electron chi connectivity index (χ3n) is 4.10. The first kappa shape index (κ1) is 17.5. The molecule has 0 amide bonds. The second kappa shape index (κ2) is 8.21. The minimum absolute atomic E-state index is 0.309. The van der Waals surface area contributed by atoms with Gasteiger partial charge in [0.05, 0.1) is 12.7 Å². The molecule has 26 heavy (non-hydrogen) atoms. The lowest BCUT2D eigenvalue weighted by molar-refractivity contribution is 0.0697. The van der Waals surface area contributed by atoms with E-state index >= 15 is 0 Å². The maximum atomic E-state index is 10.9. The van der Waals surface area contributed by atoms with Gasteiger partial charge in [-0.15, -0.1) is 0 Å². The van der Waals surface area contributed by atoms with Gasteiger partial charge < -0.3 is 14.6 Å². The zero-order chi connectivity index (χ0) is 18.4. The number of rotatable bonds is 7. The van der Waals surface area contributed by atoms with Crippen molar-refractivity contribution in [2.24, 2.45) is 0 Å². The van der Waals surface area contributed by atoms with Gasteiger partial charge in [-0.2, -0.15) is 0 Å². The number of ether oxygens (including phenoxy) is 2. The molecule has 4 nitrogen and oxygen atoms in total. The highest BCUT2D eigenvalue weighted by Crippen LogP contribution is 2.25. The van der Waals surface area contributed by atoms with Gasteiger partial charge in [-0.25, -0.2) is 4.79 Å². The van der Waals surface area contributed by atoms with E-state index < -0.39 is 5.97 Å². The Hall–Kier alpha value is -3.27. The van der Waals surface area contributed by atoms with Gasteiger partial charge >= 0.3 is 5.97 Å². The molecule has 0 aromatic heterocycles. The van der Waals surface area contributed by atoms with E-state index in [-0.39, 0.29) is 0 Å². The maximum absolute atomic E-state index is 10.9. The van der Waals surface area contributed by atoms with Crippen molar-refractivity contribution in [2.45, 2.75) is 12.8 Å². The minimum atomic E-state index is -0.903. The molecule has 3 rings (SSSR count). The summed E-state index contributed by atoms with van der Waals surface area (Å²) < 4.78 is 11.0. The SMILES string of the molecule is COc1ccc(Oc2cccc(CCc3ccc(C(=O)O)cc3)c2)cc1. The fourth-order valence-electron chi connectivity index (χ4n) is 2.65. The van der Waals surface area contributed by atoms with Crippen LogP contribution in [0.2, 0.25) is 0 Å². The van der Waals surface area contributed by atoms with Crippen LogP contribution in [0.1, 0.15) is 21.5 Å². The highest BCUT2D eigenvalue weighted by atomic mass is 16.5. The van der Waals surface area contributed by atoms with E-state index in [9.17, 15) is 4.79 Å². The zero-order valence-corrected chi connectivity index (χ0v) is 14.5. The summed E-state index contributed by atoms with van der Waals surface area (Å²) in [6.07, 6.45) is 1.69. The van der Waals surface area contributed by atoms with Crippen molar-refractivity contribution in [1.29, 1.82) is 0 Å². The van der Waals surface area contributed by atoms with Crippen molar-refractivity contribution in [2.75, 3.05) is 7.11 Å². The summed E-state index contributed by atoms with van der Waals surface area (Å²) in [4.78, 5) is 10.9. The van der Waals surface area contributed by atoms with Crippen LogP contribution in [0, 0.1) is 0 Å². The Bertz CT molecular complexity index is 867. The average Bonchev–Trinajstić information content (AvgIpc) is 2.67. The summed E-state index contributed by atoms with van der Waals surface area (Å²) in [5, 5.41) is 8.94. The van der Waals surface area contributed by atoms with Crippen LogP contribution in [0.15, 0.2) is 72.8 Å². The molecule has 0 heterocycles. The second-order valence-corrected chi connectivity index (χ2v) is 5.93. The summed E-state index contributed by atoms with van der Waals surface area (Å²) >= 11 is 0. The van der Waals surface area contributed by atoms with Crippen LogP contribution in [-0.2, 0) is 12.8 Å². The normalized spacial score (nSPS) is 10.3. The van der Waals surface area contributed by atoms with E-state index in [0.717, 1.165) is 35.7 Å². The van der Waals surface area contributed by atoms with Crippen LogP contribution in [0.5, 0.6) is 17.2 Å². The van der Waals surface area contributed by atoms with Gasteiger partial charge in [0.1, 0.15) is 17.2 Å². The number of benzene rings is 3. The number of hydrogen-bond acceptors (Lipinski definition) is 3. The fourth-order valence-corrected chi connectivity index (χ4v) is 2.65. The number of aromatic carboxylic acids is 1. The van der Waals surface area contributed by atoms with Crippen LogP contribution in [-0.4, -0.2) is 18.2 Å². The molecule has 0 fully saturated rings. The molecule has 3 aromatic carbocycles. The summed E-state index contributed by atoms with van der Waals surface area (Å²) in [6.45, 7) is 0. The maximum Gasteiger partial charge on any atom is 0.335 e. The third kappa shape index (κ3) is 4.63. The van der Waals surface area contributed by atoms with Gasteiger partial charge in [0.2, 0.25) is 0 Å². The first-order chi connectivity index (χ1) is 12.6. The molecule has 0 atom stereocenters. The van der Waals surface area contributed by atoms with Crippen molar-refractivity contribution in [3.8, 4) is 17.2 Å². The van der Waals surface area contributed by atoms with E-state index in [1.807, 2.05) is 54.6 Å². The zero-order valence-electron chi connectivity index (χ0n) is 14.5. The molecule has 0 saturated carbocycles. The van der Waals surface area contributed by atoms with E-state index in [0.29, 0.717) is 5.56 Å². The number of hydrogen-bond donors (Lipinski definition) is 1. The molecule has 0 radical (unpaired) electrons. The van der Waals surface area contributed by atoms with Crippen molar-refractivity contribution in [3.05, 3.63) is 89.5 Å². The molecule has 0 bridgehead atoms. The highest BCUT2D eigenvalue weighted by Gasteiger charge is 2.04. The first-order valence-corrected chi connectivity index (χ1v) is 8.37. The monoisotopic (exact) mass is 348 g/mol. The molecule has 0 aliphatic rings. The summed E-state index contributed by atoms with van der Waals surface area (Å²) in [5.41, 5.74) is 2.58. The molecular formula is C22H20O4. The highest BCUT2D eigenvalue weighted by molar-refractivity contribution is 5.87. The summed E-state index contributed by atoms with van der Waals surface area (Å²) in [6, 6.07) is 22.5. The van der Waals surface area contributed by atoms with Gasteiger partial charge in [0.15, 0.2) is 0 Å². The largest absolute Gasteiger partial charge is 0.497 e. The number of carbonyl (C=O) groups is 1. The number of carboxylic acid groups (broad SMARTS) is 1. The Balaban J connectivity index is 1.62. The van der Waals surface area contributed by atoms with Crippen LogP contribution in [0.3, 0.4) is 0 Å². The van der Waals surface area contributed by atoms with Crippen LogP contribution < -0.4 is 9.47 Å². The Kier molecular flexibility index (Phi) is 5.54. The van der Waals surface area contributed by atoms with Gasteiger partial charge in [0, 0.05) is 0 Å². The van der Waals surface area contributed by atoms with Crippen LogP contribution in [0.25, 0.3) is 0 Å². The molecule has 0 unspecified atom stereocenters. The number of methoxy groups -OCH3 is 1. The molecule has 1 N–H and O–H groups in total. The molecule has 0 aliphatic heterocycles. The Morgan fingerprint density at radius 1 is 0.808 bits per heavy atom. The van der Waals surface area contributed by atoms with E-state index in [1.165, 1.54) is 5.56 Å². The van der Waals surface area contributed by atoms with Gasteiger partial charge in [-0.3, -0.25) is 0 Å². The molecule has 3 aromatic rings.